The molecule has 7 unspecified atom stereocenters. The van der Waals surface area contributed by atoms with Crippen LogP contribution in [0.5, 0.6) is 17.2 Å². The summed E-state index contributed by atoms with van der Waals surface area (Å²) in [4.78, 5) is 89.5. The van der Waals surface area contributed by atoms with Crippen LogP contribution in [-0.4, -0.2) is 124 Å². The van der Waals surface area contributed by atoms with Gasteiger partial charge in [0.05, 0.1) is 65.5 Å². The van der Waals surface area contributed by atoms with Crippen molar-refractivity contribution in [2.75, 3.05) is 53.1 Å². The smallest absolute Gasteiger partial charge is 0.475 e. The highest BCUT2D eigenvalue weighted by molar-refractivity contribution is 7.48. The number of rotatable bonds is 20. The normalized spacial score (nSPS) is 21.3. The van der Waals surface area contributed by atoms with Gasteiger partial charge in [0, 0.05) is 30.5 Å². The molecule has 7 atom stereocenters. The van der Waals surface area contributed by atoms with Crippen molar-refractivity contribution in [2.45, 2.75) is 76.9 Å². The molecule has 0 spiro atoms. The van der Waals surface area contributed by atoms with E-state index < -0.39 is 112 Å². The average Bonchev–Trinajstić information content (AvgIpc) is 4.02. The molecule has 0 aliphatic carbocycles. The molecular formula is C39H47N8O18P. The minimum Gasteiger partial charge on any atom is -0.493 e. The van der Waals surface area contributed by atoms with Gasteiger partial charge in [-0.15, -0.1) is 0 Å². The number of carbonyl (C=O) groups is 3. The Bertz CT molecular complexity index is 2680. The number of nitriles is 1. The predicted octanol–water partition coefficient (Wildman–Crippen LogP) is 1.37. The van der Waals surface area contributed by atoms with E-state index in [-0.39, 0.29) is 64.8 Å². The summed E-state index contributed by atoms with van der Waals surface area (Å²) in [5, 5.41) is 22.0. The molecule has 0 radical (unpaired) electrons. The number of aliphatic hydroxyl groups excluding tert-OH is 1. The molecule has 1 amide bonds. The number of amides is 1. The van der Waals surface area contributed by atoms with Gasteiger partial charge in [-0.2, -0.15) is 10.2 Å². The van der Waals surface area contributed by atoms with Gasteiger partial charge in [0.2, 0.25) is 17.6 Å². The number of ether oxygens (including phenoxy) is 7. The number of phosphoric acid groups is 1. The summed E-state index contributed by atoms with van der Waals surface area (Å²) in [6, 6.07) is 4.47. The van der Waals surface area contributed by atoms with Crippen LogP contribution in [0.2, 0.25) is 0 Å². The van der Waals surface area contributed by atoms with Crippen LogP contribution in [0.3, 0.4) is 0 Å². The fraction of sp³-hybridized carbons (Fsp3) is 0.513. The molecule has 4 aromatic rings. The maximum Gasteiger partial charge on any atom is 0.475 e. The van der Waals surface area contributed by atoms with E-state index >= 15 is 0 Å². The molecule has 356 valence electrons. The Kier molecular flexibility index (Phi) is 15.8. The molecule has 2 saturated heterocycles. The summed E-state index contributed by atoms with van der Waals surface area (Å²) in [5.41, 5.74) is -2.17. The highest BCUT2D eigenvalue weighted by Gasteiger charge is 2.46. The van der Waals surface area contributed by atoms with Crippen molar-refractivity contribution in [3.05, 3.63) is 67.0 Å². The van der Waals surface area contributed by atoms with Crippen LogP contribution in [0.1, 0.15) is 61.5 Å². The van der Waals surface area contributed by atoms with E-state index in [1.807, 2.05) is 6.07 Å². The first-order valence-electron chi connectivity index (χ1n) is 20.1. The third kappa shape index (κ3) is 11.1. The molecule has 66 heavy (non-hydrogen) atoms. The topological polar surface area (TPSA) is 335 Å². The molecule has 0 bridgehead atoms. The molecule has 0 saturated carbocycles. The number of aliphatic hydroxyl groups is 1. The first-order chi connectivity index (χ1) is 31.5. The molecule has 2 aliphatic heterocycles. The highest BCUT2D eigenvalue weighted by atomic mass is 31.2. The lowest BCUT2D eigenvalue weighted by molar-refractivity contribution is -0.156. The molecule has 26 nitrogen and oxygen atoms in total. The number of nitrogens with zero attached hydrogens (tertiary/aromatic N) is 5. The number of esters is 2. The molecule has 4 N–H and O–H groups in total. The zero-order valence-electron chi connectivity index (χ0n) is 36.4. The van der Waals surface area contributed by atoms with E-state index in [0.29, 0.717) is 0 Å². The summed E-state index contributed by atoms with van der Waals surface area (Å²) >= 11 is 0. The van der Waals surface area contributed by atoms with E-state index in [0.717, 1.165) is 4.57 Å². The number of imidazole rings is 1. The van der Waals surface area contributed by atoms with Gasteiger partial charge in [0.1, 0.15) is 36.9 Å². The van der Waals surface area contributed by atoms with Crippen LogP contribution >= 0.6 is 7.82 Å². The van der Waals surface area contributed by atoms with Crippen LogP contribution < -0.4 is 36.3 Å². The molecule has 27 heteroatoms. The maximum absolute atomic E-state index is 14.4. The van der Waals surface area contributed by atoms with E-state index in [4.69, 9.17) is 46.7 Å². The number of hydrogen-bond donors (Lipinski definition) is 4. The summed E-state index contributed by atoms with van der Waals surface area (Å²) in [7, 11) is -0.703. The third-order valence-electron chi connectivity index (χ3n) is 10.1. The number of methoxy groups -OCH3 is 3. The number of H-pyrrole nitrogens is 2. The zero-order valence-corrected chi connectivity index (χ0v) is 37.3. The quantitative estimate of drug-likeness (QED) is 0.0552. The number of nitrogens with one attached hydrogen (secondary N) is 3. The van der Waals surface area contributed by atoms with Crippen LogP contribution in [-0.2, 0) is 46.7 Å². The molecule has 3 aromatic heterocycles. The van der Waals surface area contributed by atoms with Gasteiger partial charge in [-0.1, -0.05) is 13.8 Å². The van der Waals surface area contributed by atoms with Gasteiger partial charge in [0.15, 0.2) is 29.3 Å². The second-order valence-corrected chi connectivity index (χ2v) is 16.5. The minimum atomic E-state index is -4.77. The van der Waals surface area contributed by atoms with Gasteiger partial charge in [-0.3, -0.25) is 52.4 Å². The van der Waals surface area contributed by atoms with Crippen LogP contribution in [0, 0.1) is 24.2 Å². The number of phosphoric ester groups is 1. The lowest BCUT2D eigenvalue weighted by Gasteiger charge is -2.25. The van der Waals surface area contributed by atoms with Crippen LogP contribution in [0.25, 0.3) is 11.2 Å². The standard InChI is InChI=1S/C39H47N8O18P/c1-19(2)34(50)43-38-42-33-31(36(52)44-38)41-18-47(33)29-13-23(26(15-48)62-29)65-66(55,60-9-7-8-40)61-16-27-22(12-28(63-27)46-14-20(3)35(51)45-39(46)54)64-30(49)17-59-37(53)21-10-24(56-4)32(58-6)25(11-21)57-5/h10-11,14,18-19,22-23,26-29,48H,7,9,12-13,15-17H2,1-6H3,(H,45,51,54)(H2,42,43,44,50,52). The van der Waals surface area contributed by atoms with Crippen LogP contribution in [0.15, 0.2) is 39.0 Å². The first-order valence-corrected chi connectivity index (χ1v) is 21.6. The molecule has 5 heterocycles. The Morgan fingerprint density at radius 1 is 0.985 bits per heavy atom. The number of anilines is 1. The van der Waals surface area contributed by atoms with Crippen LogP contribution in [0.4, 0.5) is 5.95 Å². The van der Waals surface area contributed by atoms with Crippen molar-refractivity contribution in [1.82, 2.24) is 29.1 Å². The van der Waals surface area contributed by atoms with Gasteiger partial charge in [-0.05, 0) is 19.1 Å². The second-order valence-electron chi connectivity index (χ2n) is 14.9. The third-order valence-corrected chi connectivity index (χ3v) is 11.6. The predicted molar refractivity (Wildman–Crippen MR) is 223 cm³/mol. The Balaban J connectivity index is 1.20. The molecule has 6 rings (SSSR count). The number of aryl methyl sites for hydroxylation is 1. The van der Waals surface area contributed by atoms with E-state index in [2.05, 4.69) is 25.3 Å². The average molecular weight is 947 g/mol. The monoisotopic (exact) mass is 946 g/mol. The SMILES string of the molecule is COc1cc(C(=O)OCC(=O)OC2CC(n3cc(C)c(=O)[nH]c3=O)OC2COP(=O)(OCCC#N)OC2CC(n3cnc4c(=O)[nH]c(NC(=O)C(C)C)nc43)OC2CO)cc(OC)c1OC. The Hall–Kier alpha value is -6.46. The fourth-order valence-electron chi connectivity index (χ4n) is 6.79. The Labute approximate surface area is 373 Å². The molecule has 2 fully saturated rings. The largest absolute Gasteiger partial charge is 0.493 e. The van der Waals surface area contributed by atoms with Gasteiger partial charge < -0.3 is 38.3 Å². The number of fused-ring (bicyclic) bond motifs is 1. The lowest BCUT2D eigenvalue weighted by atomic mass is 10.2. The fourth-order valence-corrected chi connectivity index (χ4v) is 8.18. The van der Waals surface area contributed by atoms with E-state index in [1.54, 1.807) is 13.8 Å². The number of aromatic nitrogens is 6. The summed E-state index contributed by atoms with van der Waals surface area (Å²) < 4.78 is 72.7. The summed E-state index contributed by atoms with van der Waals surface area (Å²) in [6.45, 7) is 2.02. The number of hydrogen-bond acceptors (Lipinski definition) is 21. The lowest BCUT2D eigenvalue weighted by Crippen LogP contribution is -2.33. The molecule has 1 aromatic carbocycles. The van der Waals surface area contributed by atoms with Gasteiger partial charge >= 0.3 is 25.5 Å². The van der Waals surface area contributed by atoms with Crippen molar-refractivity contribution >= 4 is 42.8 Å². The molecular weight excluding hydrogens is 899 g/mol. The van der Waals surface area contributed by atoms with Gasteiger partial charge in [-0.25, -0.2) is 23.9 Å². The number of benzene rings is 1. The maximum atomic E-state index is 14.4. The van der Waals surface area contributed by atoms with Crippen molar-refractivity contribution < 1.29 is 70.8 Å². The number of carbonyl (C=O) groups excluding carboxylic acids is 3. The Morgan fingerprint density at radius 3 is 2.32 bits per heavy atom. The van der Waals surface area contributed by atoms with E-state index in [1.165, 1.54) is 57.5 Å². The van der Waals surface area contributed by atoms with Crippen molar-refractivity contribution in [3.8, 4) is 23.3 Å². The summed E-state index contributed by atoms with van der Waals surface area (Å²) in [6.07, 6.45) is -5.39. The van der Waals surface area contributed by atoms with Crippen molar-refractivity contribution in [3.63, 3.8) is 0 Å². The zero-order chi connectivity index (χ0) is 47.9. The minimum absolute atomic E-state index is 0.00567. The first kappa shape index (κ1) is 49.0. The van der Waals surface area contributed by atoms with Gasteiger partial charge in [0.25, 0.3) is 11.1 Å². The highest BCUT2D eigenvalue weighted by Crippen LogP contribution is 2.54. The van der Waals surface area contributed by atoms with Crippen molar-refractivity contribution in [2.24, 2.45) is 5.92 Å². The molecule has 2 aliphatic rings. The summed E-state index contributed by atoms with van der Waals surface area (Å²) in [5.74, 6) is -2.53. The number of aromatic amines is 2. The van der Waals surface area contributed by atoms with E-state index in [9.17, 15) is 43.7 Å². The van der Waals surface area contributed by atoms with Crippen molar-refractivity contribution in [1.29, 1.82) is 5.26 Å². The second kappa shape index (κ2) is 21.2. The Morgan fingerprint density at radius 2 is 1.67 bits per heavy atom.